The van der Waals surface area contributed by atoms with E-state index in [0.717, 1.165) is 5.69 Å². The SMILES string of the molecule is c1ccc(-c2cccc(-c3ccc(-c4ccc5c(c4)c4cc(-c6ccc(-c7ccc8c(c7)c7ccccc7n8-c7ccccc7)cc6)ccc4n5-c4ccccc4)cc3)c2)cc1. The molecule has 12 rings (SSSR count). The Morgan fingerprint density at radius 3 is 0.903 bits per heavy atom. The Morgan fingerprint density at radius 2 is 0.468 bits per heavy atom. The van der Waals surface area contributed by atoms with E-state index in [2.05, 4.69) is 252 Å². The largest absolute Gasteiger partial charge is 0.309 e. The summed E-state index contributed by atoms with van der Waals surface area (Å²) in [7, 11) is 0. The Hall–Kier alpha value is -8.20. The van der Waals surface area contributed by atoms with Gasteiger partial charge in [0.15, 0.2) is 0 Å². The van der Waals surface area contributed by atoms with E-state index in [1.54, 1.807) is 0 Å². The standard InChI is InChI=1S/C60H40N2/c1-4-13-41(14-5-1)46-15-12-16-47(37-46)42-23-25-44(26-24-42)49-32-35-59-55(39-49)56-40-50(33-36-60(56)62(59)52-19-8-3-9-20-52)45-29-27-43(28-30-45)48-31-34-58-54(38-48)53-21-10-11-22-57(53)61(58)51-17-6-2-7-18-51/h1-40H. The van der Waals surface area contributed by atoms with E-state index in [0.29, 0.717) is 0 Å². The molecule has 2 heteroatoms. The number of benzene rings is 10. The third-order valence-electron chi connectivity index (χ3n) is 12.5. The molecule has 62 heavy (non-hydrogen) atoms. The van der Waals surface area contributed by atoms with Crippen molar-refractivity contribution in [3.8, 4) is 67.0 Å². The minimum atomic E-state index is 1.16. The highest BCUT2D eigenvalue weighted by Gasteiger charge is 2.16. The van der Waals surface area contributed by atoms with Gasteiger partial charge in [0.2, 0.25) is 0 Å². The maximum atomic E-state index is 2.40. The lowest BCUT2D eigenvalue weighted by Crippen LogP contribution is -1.93. The zero-order valence-corrected chi connectivity index (χ0v) is 34.0. The van der Waals surface area contributed by atoms with Crippen LogP contribution in [0.5, 0.6) is 0 Å². The smallest absolute Gasteiger partial charge is 0.0541 e. The van der Waals surface area contributed by atoms with Crippen LogP contribution in [0, 0.1) is 0 Å². The molecule has 0 amide bonds. The third-order valence-corrected chi connectivity index (χ3v) is 12.5. The molecule has 0 spiro atoms. The first-order chi connectivity index (χ1) is 30.7. The van der Waals surface area contributed by atoms with Gasteiger partial charge in [0.05, 0.1) is 22.1 Å². The first-order valence-electron chi connectivity index (χ1n) is 21.3. The van der Waals surface area contributed by atoms with E-state index >= 15 is 0 Å². The Balaban J connectivity index is 0.908. The summed E-state index contributed by atoms with van der Waals surface area (Å²) in [6.45, 7) is 0. The van der Waals surface area contributed by atoms with Crippen LogP contribution in [0.4, 0.5) is 0 Å². The second kappa shape index (κ2) is 14.8. The number of hydrogen-bond acceptors (Lipinski definition) is 0. The summed E-state index contributed by atoms with van der Waals surface area (Å²) in [5, 5.41) is 5.00. The van der Waals surface area contributed by atoms with Crippen molar-refractivity contribution in [3.63, 3.8) is 0 Å². The average molecular weight is 789 g/mol. The van der Waals surface area contributed by atoms with E-state index < -0.39 is 0 Å². The average Bonchev–Trinajstić information content (AvgIpc) is 3.87. The third kappa shape index (κ3) is 6.12. The van der Waals surface area contributed by atoms with Crippen molar-refractivity contribution in [2.45, 2.75) is 0 Å². The summed E-state index contributed by atoms with van der Waals surface area (Å²) in [5.74, 6) is 0. The van der Waals surface area contributed by atoms with Crippen LogP contribution in [0.1, 0.15) is 0 Å². The van der Waals surface area contributed by atoms with Crippen molar-refractivity contribution in [3.05, 3.63) is 243 Å². The first kappa shape index (κ1) is 35.7. The summed E-state index contributed by atoms with van der Waals surface area (Å²) in [5.41, 5.74) is 19.2. The van der Waals surface area contributed by atoms with E-state index in [-0.39, 0.29) is 0 Å². The topological polar surface area (TPSA) is 9.86 Å². The minimum Gasteiger partial charge on any atom is -0.309 e. The number of hydrogen-bond donors (Lipinski definition) is 0. The molecule has 290 valence electrons. The molecule has 0 atom stereocenters. The lowest BCUT2D eigenvalue weighted by Gasteiger charge is -2.09. The van der Waals surface area contributed by atoms with Gasteiger partial charge in [-0.2, -0.15) is 0 Å². The number of aromatic nitrogens is 2. The molecule has 0 aliphatic carbocycles. The van der Waals surface area contributed by atoms with Crippen LogP contribution in [0.15, 0.2) is 243 Å². The van der Waals surface area contributed by atoms with Crippen LogP contribution >= 0.6 is 0 Å². The monoisotopic (exact) mass is 788 g/mol. The zero-order chi connectivity index (χ0) is 41.0. The number of nitrogens with zero attached hydrogens (tertiary/aromatic N) is 2. The van der Waals surface area contributed by atoms with Gasteiger partial charge in [0.25, 0.3) is 0 Å². The Labute approximate surface area is 360 Å². The quantitative estimate of drug-likeness (QED) is 0.152. The molecule has 0 bridgehead atoms. The minimum absolute atomic E-state index is 1.16. The summed E-state index contributed by atoms with van der Waals surface area (Å²) in [6.07, 6.45) is 0. The highest BCUT2D eigenvalue weighted by molar-refractivity contribution is 6.12. The van der Waals surface area contributed by atoms with Crippen molar-refractivity contribution in [2.75, 3.05) is 0 Å². The van der Waals surface area contributed by atoms with Gasteiger partial charge >= 0.3 is 0 Å². The summed E-state index contributed by atoms with van der Waals surface area (Å²) >= 11 is 0. The molecule has 2 aromatic heterocycles. The molecule has 0 radical (unpaired) electrons. The number of para-hydroxylation sites is 3. The predicted octanol–water partition coefficient (Wildman–Crippen LogP) is 16.2. The number of fused-ring (bicyclic) bond motifs is 6. The predicted molar refractivity (Wildman–Crippen MR) is 262 cm³/mol. The molecule has 0 saturated carbocycles. The summed E-state index contributed by atoms with van der Waals surface area (Å²) in [4.78, 5) is 0. The molecule has 10 aromatic carbocycles. The fourth-order valence-electron chi connectivity index (χ4n) is 9.46. The van der Waals surface area contributed by atoms with Crippen LogP contribution in [0.3, 0.4) is 0 Å². The molecule has 0 aliphatic rings. The van der Waals surface area contributed by atoms with Gasteiger partial charge in [-0.1, -0.05) is 170 Å². The highest BCUT2D eigenvalue weighted by atomic mass is 15.0. The highest BCUT2D eigenvalue weighted by Crippen LogP contribution is 2.39. The van der Waals surface area contributed by atoms with Crippen LogP contribution in [-0.4, -0.2) is 9.13 Å². The van der Waals surface area contributed by atoms with Crippen LogP contribution < -0.4 is 0 Å². The summed E-state index contributed by atoms with van der Waals surface area (Å²) in [6, 6.07) is 88.3. The molecular weight excluding hydrogens is 749 g/mol. The second-order valence-corrected chi connectivity index (χ2v) is 16.2. The van der Waals surface area contributed by atoms with Gasteiger partial charge in [0, 0.05) is 32.9 Å². The molecule has 2 heterocycles. The van der Waals surface area contributed by atoms with E-state index in [9.17, 15) is 0 Å². The fourth-order valence-corrected chi connectivity index (χ4v) is 9.46. The first-order valence-corrected chi connectivity index (χ1v) is 21.3. The molecule has 0 unspecified atom stereocenters. The Bertz CT molecular complexity index is 3580. The summed E-state index contributed by atoms with van der Waals surface area (Å²) < 4.78 is 4.77. The van der Waals surface area contributed by atoms with Crippen molar-refractivity contribution in [1.82, 2.24) is 9.13 Å². The van der Waals surface area contributed by atoms with Crippen LogP contribution in [0.2, 0.25) is 0 Å². The Kier molecular flexibility index (Phi) is 8.53. The maximum absolute atomic E-state index is 2.40. The molecule has 0 fully saturated rings. The Morgan fingerprint density at radius 1 is 0.177 bits per heavy atom. The van der Waals surface area contributed by atoms with E-state index in [1.807, 2.05) is 0 Å². The molecule has 12 aromatic rings. The van der Waals surface area contributed by atoms with Crippen LogP contribution in [-0.2, 0) is 0 Å². The van der Waals surface area contributed by atoms with E-state index in [4.69, 9.17) is 0 Å². The van der Waals surface area contributed by atoms with Gasteiger partial charge in [-0.05, 0) is 128 Å². The van der Waals surface area contributed by atoms with Gasteiger partial charge in [-0.25, -0.2) is 0 Å². The number of rotatable bonds is 7. The maximum Gasteiger partial charge on any atom is 0.0541 e. The van der Waals surface area contributed by atoms with Gasteiger partial charge in [0.1, 0.15) is 0 Å². The molecule has 0 N–H and O–H groups in total. The van der Waals surface area contributed by atoms with Crippen molar-refractivity contribution >= 4 is 43.6 Å². The molecule has 2 nitrogen and oxygen atoms in total. The molecular formula is C60H40N2. The van der Waals surface area contributed by atoms with Gasteiger partial charge < -0.3 is 9.13 Å². The molecule has 0 saturated heterocycles. The van der Waals surface area contributed by atoms with Gasteiger partial charge in [-0.15, -0.1) is 0 Å². The lowest BCUT2D eigenvalue weighted by molar-refractivity contribution is 1.18. The normalized spacial score (nSPS) is 11.5. The van der Waals surface area contributed by atoms with Crippen molar-refractivity contribution in [1.29, 1.82) is 0 Å². The fraction of sp³-hybridized carbons (Fsp3) is 0. The molecule has 0 aliphatic heterocycles. The van der Waals surface area contributed by atoms with E-state index in [1.165, 1.54) is 105 Å². The van der Waals surface area contributed by atoms with Crippen LogP contribution in [0.25, 0.3) is 111 Å². The second-order valence-electron chi connectivity index (χ2n) is 16.2. The van der Waals surface area contributed by atoms with Gasteiger partial charge in [-0.3, -0.25) is 0 Å². The zero-order valence-electron chi connectivity index (χ0n) is 34.0. The lowest BCUT2D eigenvalue weighted by atomic mass is 9.96. The van der Waals surface area contributed by atoms with Crippen molar-refractivity contribution in [2.24, 2.45) is 0 Å². The van der Waals surface area contributed by atoms with Crippen molar-refractivity contribution < 1.29 is 0 Å².